The summed E-state index contributed by atoms with van der Waals surface area (Å²) < 4.78 is 0. The maximum atomic E-state index is 9.53. The lowest BCUT2D eigenvalue weighted by molar-refractivity contribution is 0.144. The summed E-state index contributed by atoms with van der Waals surface area (Å²) in [5.74, 6) is 2.03. The molecule has 2 atom stereocenters. The molecular weight excluding hydrogens is 248 g/mol. The van der Waals surface area contributed by atoms with Crippen LogP contribution in [0.25, 0.3) is 0 Å². The lowest BCUT2D eigenvalue weighted by atomic mass is 9.52. The summed E-state index contributed by atoms with van der Waals surface area (Å²) in [6, 6.07) is 15.4. The van der Waals surface area contributed by atoms with Crippen LogP contribution in [0, 0.1) is 11.8 Å². The van der Waals surface area contributed by atoms with E-state index in [2.05, 4.69) is 24.3 Å². The highest BCUT2D eigenvalue weighted by molar-refractivity contribution is 5.48. The second kappa shape index (κ2) is 4.02. The number of aromatic hydroxyl groups is 2. The number of fused-ring (bicyclic) bond motifs is 1. The minimum absolute atomic E-state index is 0.0986. The summed E-state index contributed by atoms with van der Waals surface area (Å²) in [4.78, 5) is 0. The number of rotatable bonds is 2. The highest BCUT2D eigenvalue weighted by atomic mass is 16.3. The van der Waals surface area contributed by atoms with Crippen LogP contribution >= 0.6 is 0 Å². The fourth-order valence-corrected chi connectivity index (χ4v) is 4.57. The zero-order valence-electron chi connectivity index (χ0n) is 11.3. The van der Waals surface area contributed by atoms with E-state index in [0.29, 0.717) is 23.3 Å². The number of hydrogen-bond donors (Lipinski definition) is 2. The predicted octanol–water partition coefficient (Wildman–Crippen LogP) is 3.81. The van der Waals surface area contributed by atoms with Crippen LogP contribution in [0.1, 0.15) is 30.4 Å². The summed E-state index contributed by atoms with van der Waals surface area (Å²) in [5, 5.41) is 19.1. The molecule has 0 radical (unpaired) electrons. The maximum absolute atomic E-state index is 9.53. The third-order valence-electron chi connectivity index (χ3n) is 5.41. The van der Waals surface area contributed by atoms with Crippen molar-refractivity contribution >= 4 is 0 Å². The van der Waals surface area contributed by atoms with E-state index in [0.717, 1.165) is 0 Å². The molecular formula is C18H18O2. The van der Waals surface area contributed by atoms with Crippen molar-refractivity contribution in [3.63, 3.8) is 0 Å². The SMILES string of the molecule is Oc1ccc(C2(c3ccc(O)cc3)C3CCC2C3)cc1. The Bertz CT molecular complexity index is 566. The van der Waals surface area contributed by atoms with Gasteiger partial charge in [0.2, 0.25) is 0 Å². The fraction of sp³-hybridized carbons (Fsp3) is 0.333. The molecule has 2 heteroatoms. The lowest BCUT2D eigenvalue weighted by Crippen LogP contribution is -2.47. The molecule has 2 nitrogen and oxygen atoms in total. The standard InChI is InChI=1S/C18H18O2/c19-16-7-3-12(4-8-16)18(14-1-2-15(18)11-14)13-5-9-17(20)10-6-13/h3-10,14-15,19-20H,1-2,11H2. The normalized spacial score (nSPS) is 26.2. The third kappa shape index (κ3) is 1.39. The minimum Gasteiger partial charge on any atom is -0.508 e. The monoisotopic (exact) mass is 266 g/mol. The van der Waals surface area contributed by atoms with Gasteiger partial charge >= 0.3 is 0 Å². The van der Waals surface area contributed by atoms with Gasteiger partial charge < -0.3 is 10.2 Å². The molecule has 3 fully saturated rings. The molecule has 2 aromatic carbocycles. The first kappa shape index (κ1) is 11.8. The third-order valence-corrected chi connectivity index (χ3v) is 5.41. The summed E-state index contributed by atoms with van der Waals surface area (Å²) in [6.45, 7) is 0. The Labute approximate surface area is 118 Å². The van der Waals surface area contributed by atoms with Crippen LogP contribution < -0.4 is 0 Å². The predicted molar refractivity (Wildman–Crippen MR) is 77.8 cm³/mol. The molecule has 0 saturated heterocycles. The summed E-state index contributed by atoms with van der Waals surface area (Å²) in [7, 11) is 0. The van der Waals surface area contributed by atoms with Crippen LogP contribution in [-0.4, -0.2) is 10.2 Å². The Balaban J connectivity index is 1.87. The number of phenols is 2. The molecule has 0 aromatic heterocycles. The van der Waals surface area contributed by atoms with Gasteiger partial charge in [-0.15, -0.1) is 0 Å². The van der Waals surface area contributed by atoms with E-state index < -0.39 is 0 Å². The smallest absolute Gasteiger partial charge is 0.115 e. The van der Waals surface area contributed by atoms with Crippen LogP contribution in [0.4, 0.5) is 0 Å². The summed E-state index contributed by atoms with van der Waals surface area (Å²) in [6.07, 6.45) is 3.88. The van der Waals surface area contributed by atoms with Gasteiger partial charge in [-0.3, -0.25) is 0 Å². The van der Waals surface area contributed by atoms with Crippen molar-refractivity contribution in [3.8, 4) is 11.5 Å². The average Bonchev–Trinajstić information content (AvgIpc) is 3.06. The zero-order chi connectivity index (χ0) is 13.7. The fourth-order valence-electron chi connectivity index (χ4n) is 4.57. The molecule has 0 amide bonds. The number of phenolic OH excluding ortho intramolecular Hbond substituents is 2. The van der Waals surface area contributed by atoms with Gasteiger partial charge in [0, 0.05) is 5.41 Å². The Hall–Kier alpha value is -1.96. The van der Waals surface area contributed by atoms with E-state index >= 15 is 0 Å². The minimum atomic E-state index is 0.0986. The average molecular weight is 266 g/mol. The molecule has 5 rings (SSSR count). The molecule has 102 valence electrons. The van der Waals surface area contributed by atoms with E-state index in [4.69, 9.17) is 0 Å². The first-order valence-corrected chi connectivity index (χ1v) is 7.30. The Morgan fingerprint density at radius 2 is 1.10 bits per heavy atom. The Morgan fingerprint density at radius 1 is 0.700 bits per heavy atom. The Morgan fingerprint density at radius 3 is 1.45 bits per heavy atom. The molecule has 3 saturated carbocycles. The van der Waals surface area contributed by atoms with Gasteiger partial charge in [0.25, 0.3) is 0 Å². The molecule has 3 aliphatic carbocycles. The number of hydrogen-bond acceptors (Lipinski definition) is 2. The maximum Gasteiger partial charge on any atom is 0.115 e. The molecule has 0 aliphatic heterocycles. The lowest BCUT2D eigenvalue weighted by Gasteiger charge is -2.51. The van der Waals surface area contributed by atoms with Crippen molar-refractivity contribution in [2.24, 2.45) is 11.8 Å². The molecule has 0 heterocycles. The molecule has 2 bridgehead atoms. The summed E-state index contributed by atoms with van der Waals surface area (Å²) >= 11 is 0. The summed E-state index contributed by atoms with van der Waals surface area (Å²) in [5.41, 5.74) is 2.71. The van der Waals surface area contributed by atoms with E-state index in [1.807, 2.05) is 0 Å². The largest absolute Gasteiger partial charge is 0.508 e. The zero-order valence-corrected chi connectivity index (χ0v) is 11.3. The van der Waals surface area contributed by atoms with Gasteiger partial charge in [-0.05, 0) is 66.5 Å². The van der Waals surface area contributed by atoms with Crippen LogP contribution in [0.5, 0.6) is 11.5 Å². The van der Waals surface area contributed by atoms with Gasteiger partial charge in [-0.2, -0.15) is 0 Å². The Kier molecular flexibility index (Phi) is 2.38. The molecule has 2 N–H and O–H groups in total. The second-order valence-electron chi connectivity index (χ2n) is 6.17. The van der Waals surface area contributed by atoms with Gasteiger partial charge in [-0.1, -0.05) is 24.3 Å². The van der Waals surface area contributed by atoms with E-state index in [-0.39, 0.29) is 5.41 Å². The van der Waals surface area contributed by atoms with E-state index in [9.17, 15) is 10.2 Å². The topological polar surface area (TPSA) is 40.5 Å². The van der Waals surface area contributed by atoms with Crippen LogP contribution in [0.2, 0.25) is 0 Å². The molecule has 20 heavy (non-hydrogen) atoms. The van der Waals surface area contributed by atoms with E-state index in [1.165, 1.54) is 30.4 Å². The number of benzene rings is 2. The van der Waals surface area contributed by atoms with Crippen molar-refractivity contribution < 1.29 is 10.2 Å². The van der Waals surface area contributed by atoms with Crippen molar-refractivity contribution in [2.75, 3.05) is 0 Å². The first-order valence-electron chi connectivity index (χ1n) is 7.30. The quantitative estimate of drug-likeness (QED) is 0.867. The van der Waals surface area contributed by atoms with Crippen LogP contribution in [0.3, 0.4) is 0 Å². The van der Waals surface area contributed by atoms with Gasteiger partial charge in [-0.25, -0.2) is 0 Å². The van der Waals surface area contributed by atoms with E-state index in [1.54, 1.807) is 24.3 Å². The van der Waals surface area contributed by atoms with Gasteiger partial charge in [0.1, 0.15) is 11.5 Å². The molecule has 3 aliphatic rings. The van der Waals surface area contributed by atoms with Gasteiger partial charge in [0.15, 0.2) is 0 Å². The molecule has 0 spiro atoms. The molecule has 2 aromatic rings. The van der Waals surface area contributed by atoms with Crippen molar-refractivity contribution in [1.29, 1.82) is 0 Å². The van der Waals surface area contributed by atoms with Crippen molar-refractivity contribution in [2.45, 2.75) is 24.7 Å². The molecule has 2 unspecified atom stereocenters. The van der Waals surface area contributed by atoms with Crippen molar-refractivity contribution in [3.05, 3.63) is 59.7 Å². The van der Waals surface area contributed by atoms with Crippen LogP contribution in [0.15, 0.2) is 48.5 Å². The van der Waals surface area contributed by atoms with Gasteiger partial charge in [0.05, 0.1) is 0 Å². The first-order chi connectivity index (χ1) is 9.71. The second-order valence-corrected chi connectivity index (χ2v) is 6.17. The highest BCUT2D eigenvalue weighted by Crippen LogP contribution is 2.66. The van der Waals surface area contributed by atoms with Crippen molar-refractivity contribution in [1.82, 2.24) is 0 Å². The van der Waals surface area contributed by atoms with Crippen LogP contribution in [-0.2, 0) is 5.41 Å². The highest BCUT2D eigenvalue weighted by Gasteiger charge is 2.60.